The van der Waals surface area contributed by atoms with Gasteiger partial charge in [0.15, 0.2) is 5.92 Å². The van der Waals surface area contributed by atoms with E-state index in [0.717, 1.165) is 5.56 Å². The van der Waals surface area contributed by atoms with Crippen LogP contribution in [0.4, 0.5) is 0 Å². The van der Waals surface area contributed by atoms with Crippen molar-refractivity contribution in [1.82, 2.24) is 0 Å². The Bertz CT molecular complexity index is 452. The molecule has 1 aromatic carbocycles. The Morgan fingerprint density at radius 2 is 1.74 bits per heavy atom. The first kappa shape index (κ1) is 14.9. The van der Waals surface area contributed by atoms with Crippen molar-refractivity contribution in [3.8, 4) is 0 Å². The van der Waals surface area contributed by atoms with E-state index in [1.54, 1.807) is 0 Å². The Hall–Kier alpha value is -2.17. The van der Waals surface area contributed by atoms with Gasteiger partial charge in [0, 0.05) is 0 Å². The summed E-state index contributed by atoms with van der Waals surface area (Å²) >= 11 is 0. The summed E-state index contributed by atoms with van der Waals surface area (Å²) in [7, 11) is 1.17. The van der Waals surface area contributed by atoms with E-state index in [0.29, 0.717) is 6.42 Å². The molecule has 1 unspecified atom stereocenters. The van der Waals surface area contributed by atoms with Crippen LogP contribution in [0, 0.1) is 5.92 Å². The predicted octanol–water partition coefficient (Wildman–Crippen LogP) is 1.50. The zero-order chi connectivity index (χ0) is 14.3. The van der Waals surface area contributed by atoms with Crippen LogP contribution in [0.3, 0.4) is 0 Å². The molecule has 1 aromatic rings. The van der Waals surface area contributed by atoms with Crippen molar-refractivity contribution in [1.29, 1.82) is 0 Å². The second kappa shape index (κ2) is 7.31. The smallest absolute Gasteiger partial charge is 0.327 e. The molecular formula is C14H16O5. The maximum Gasteiger partial charge on any atom is 0.327 e. The normalized spacial score (nSPS) is 11.5. The van der Waals surface area contributed by atoms with Crippen molar-refractivity contribution < 1.29 is 23.9 Å². The number of methoxy groups -OCH3 is 1. The highest BCUT2D eigenvalue weighted by Gasteiger charge is 2.25. The van der Waals surface area contributed by atoms with E-state index < -0.39 is 23.8 Å². The van der Waals surface area contributed by atoms with Crippen molar-refractivity contribution >= 4 is 17.9 Å². The highest BCUT2D eigenvalue weighted by molar-refractivity contribution is 5.98. The van der Waals surface area contributed by atoms with Gasteiger partial charge in [-0.2, -0.15) is 0 Å². The molecule has 0 aromatic heterocycles. The van der Waals surface area contributed by atoms with E-state index in [-0.39, 0.29) is 6.42 Å². The molecule has 0 saturated carbocycles. The van der Waals surface area contributed by atoms with E-state index >= 15 is 0 Å². The van der Waals surface area contributed by atoms with E-state index in [2.05, 4.69) is 9.47 Å². The minimum atomic E-state index is -1.09. The molecule has 102 valence electrons. The highest BCUT2D eigenvalue weighted by atomic mass is 16.6. The number of benzene rings is 1. The molecule has 5 heteroatoms. The number of aryl methyl sites for hydroxylation is 1. The van der Waals surface area contributed by atoms with E-state index in [9.17, 15) is 14.4 Å². The molecule has 0 fully saturated rings. The van der Waals surface area contributed by atoms with Crippen molar-refractivity contribution in [3.63, 3.8) is 0 Å². The average Bonchev–Trinajstić information content (AvgIpc) is 2.44. The maximum absolute atomic E-state index is 11.4. The fourth-order valence-corrected chi connectivity index (χ4v) is 1.42. The topological polar surface area (TPSA) is 69.7 Å². The summed E-state index contributed by atoms with van der Waals surface area (Å²) in [6.07, 6.45) is 0.573. The number of carbonyl (C=O) groups is 3. The molecule has 0 saturated heterocycles. The van der Waals surface area contributed by atoms with E-state index in [1.165, 1.54) is 14.0 Å². The minimum Gasteiger partial charge on any atom is -0.468 e. The van der Waals surface area contributed by atoms with Gasteiger partial charge in [-0.25, -0.2) is 0 Å². The Morgan fingerprint density at radius 3 is 2.32 bits per heavy atom. The number of hydrogen-bond donors (Lipinski definition) is 0. The third-order valence-electron chi connectivity index (χ3n) is 2.58. The van der Waals surface area contributed by atoms with Crippen LogP contribution in [-0.2, 0) is 30.3 Å². The molecule has 0 N–H and O–H groups in total. The van der Waals surface area contributed by atoms with Gasteiger partial charge >= 0.3 is 17.9 Å². The number of rotatable bonds is 5. The quantitative estimate of drug-likeness (QED) is 0.595. The first-order chi connectivity index (χ1) is 9.04. The molecular weight excluding hydrogens is 248 g/mol. The average molecular weight is 264 g/mol. The van der Waals surface area contributed by atoms with Gasteiger partial charge in [0.1, 0.15) is 0 Å². The van der Waals surface area contributed by atoms with Crippen LogP contribution in [0.25, 0.3) is 0 Å². The second-order valence-electron chi connectivity index (χ2n) is 4.02. The Kier molecular flexibility index (Phi) is 5.73. The van der Waals surface area contributed by atoms with Crippen molar-refractivity contribution in [2.24, 2.45) is 5.92 Å². The standard InChI is InChI=1S/C14H16O5/c1-10(13(16)18-2)14(17)19-12(15)9-8-11-6-4-3-5-7-11/h3-7,10H,8-9H2,1-2H3. The SMILES string of the molecule is COC(=O)C(C)C(=O)OC(=O)CCc1ccccc1. The molecule has 0 amide bonds. The molecule has 0 spiro atoms. The first-order valence-electron chi connectivity index (χ1n) is 5.91. The molecule has 1 atom stereocenters. The van der Waals surface area contributed by atoms with Crippen molar-refractivity contribution in [2.75, 3.05) is 7.11 Å². The molecule has 0 aliphatic carbocycles. The molecule has 0 aliphatic rings. The Balaban J connectivity index is 2.39. The van der Waals surface area contributed by atoms with Crippen LogP contribution in [0.5, 0.6) is 0 Å². The monoisotopic (exact) mass is 264 g/mol. The van der Waals surface area contributed by atoms with E-state index in [4.69, 9.17) is 0 Å². The number of carbonyl (C=O) groups excluding carboxylic acids is 3. The third-order valence-corrected chi connectivity index (χ3v) is 2.58. The van der Waals surface area contributed by atoms with Crippen LogP contribution in [0.15, 0.2) is 30.3 Å². The van der Waals surface area contributed by atoms with Gasteiger partial charge in [-0.05, 0) is 18.9 Å². The molecule has 0 heterocycles. The van der Waals surface area contributed by atoms with Gasteiger partial charge in [-0.15, -0.1) is 0 Å². The second-order valence-corrected chi connectivity index (χ2v) is 4.02. The first-order valence-corrected chi connectivity index (χ1v) is 5.91. The van der Waals surface area contributed by atoms with Gasteiger partial charge in [0.05, 0.1) is 13.5 Å². The van der Waals surface area contributed by atoms with Gasteiger partial charge in [0.2, 0.25) is 0 Å². The lowest BCUT2D eigenvalue weighted by atomic mass is 10.1. The van der Waals surface area contributed by atoms with Crippen LogP contribution >= 0.6 is 0 Å². The fourth-order valence-electron chi connectivity index (χ4n) is 1.42. The summed E-state index contributed by atoms with van der Waals surface area (Å²) in [6, 6.07) is 9.37. The zero-order valence-corrected chi connectivity index (χ0v) is 10.9. The lowest BCUT2D eigenvalue weighted by Crippen LogP contribution is -2.26. The number of esters is 3. The van der Waals surface area contributed by atoms with Crippen LogP contribution in [0.1, 0.15) is 18.9 Å². The van der Waals surface area contributed by atoms with Gasteiger partial charge in [-0.3, -0.25) is 14.4 Å². The maximum atomic E-state index is 11.4. The summed E-state index contributed by atoms with van der Waals surface area (Å²) in [5.41, 5.74) is 0.980. The van der Waals surface area contributed by atoms with Crippen molar-refractivity contribution in [2.45, 2.75) is 19.8 Å². The predicted molar refractivity (Wildman–Crippen MR) is 67.0 cm³/mol. The van der Waals surface area contributed by atoms with E-state index in [1.807, 2.05) is 30.3 Å². The summed E-state index contributed by atoms with van der Waals surface area (Å²) < 4.78 is 8.97. The highest BCUT2D eigenvalue weighted by Crippen LogP contribution is 2.06. The number of hydrogen-bond acceptors (Lipinski definition) is 5. The van der Waals surface area contributed by atoms with Gasteiger partial charge in [0.25, 0.3) is 0 Å². The van der Waals surface area contributed by atoms with Crippen LogP contribution in [-0.4, -0.2) is 25.0 Å². The fraction of sp³-hybridized carbons (Fsp3) is 0.357. The summed E-state index contributed by atoms with van der Waals surface area (Å²) in [6.45, 7) is 1.33. The van der Waals surface area contributed by atoms with Crippen LogP contribution in [0.2, 0.25) is 0 Å². The summed E-state index contributed by atoms with van der Waals surface area (Å²) in [4.78, 5) is 33.9. The molecule has 0 bridgehead atoms. The van der Waals surface area contributed by atoms with Crippen LogP contribution < -0.4 is 0 Å². The number of ether oxygens (including phenoxy) is 2. The van der Waals surface area contributed by atoms with Crippen molar-refractivity contribution in [3.05, 3.63) is 35.9 Å². The third kappa shape index (κ3) is 4.91. The molecule has 1 rings (SSSR count). The summed E-state index contributed by atoms with van der Waals surface area (Å²) in [5.74, 6) is -3.35. The molecule has 0 aliphatic heterocycles. The largest absolute Gasteiger partial charge is 0.468 e. The van der Waals surface area contributed by atoms with Gasteiger partial charge in [-0.1, -0.05) is 30.3 Å². The summed E-state index contributed by atoms with van der Waals surface area (Å²) in [5, 5.41) is 0. The lowest BCUT2D eigenvalue weighted by molar-refractivity contribution is -0.166. The Morgan fingerprint density at radius 1 is 1.11 bits per heavy atom. The minimum absolute atomic E-state index is 0.0870. The molecule has 19 heavy (non-hydrogen) atoms. The molecule has 0 radical (unpaired) electrons. The zero-order valence-electron chi connectivity index (χ0n) is 10.9. The van der Waals surface area contributed by atoms with Gasteiger partial charge < -0.3 is 9.47 Å². The lowest BCUT2D eigenvalue weighted by Gasteiger charge is -2.08. The molecule has 5 nitrogen and oxygen atoms in total. The Labute approximate surface area is 111 Å².